The van der Waals surface area contributed by atoms with Gasteiger partial charge < -0.3 is 10.6 Å². The number of anilines is 1. The molecule has 2 aromatic carbocycles. The summed E-state index contributed by atoms with van der Waals surface area (Å²) >= 11 is 5.80. The lowest BCUT2D eigenvalue weighted by Gasteiger charge is -2.07. The molecule has 0 heterocycles. The van der Waals surface area contributed by atoms with Gasteiger partial charge in [0.2, 0.25) is 5.91 Å². The molecule has 3 nitrogen and oxygen atoms in total. The zero-order valence-electron chi connectivity index (χ0n) is 11.4. The van der Waals surface area contributed by atoms with Crippen LogP contribution in [-0.2, 0) is 11.3 Å². The van der Waals surface area contributed by atoms with Crippen molar-refractivity contribution in [3.63, 3.8) is 0 Å². The Balaban J connectivity index is 1.70. The summed E-state index contributed by atoms with van der Waals surface area (Å²) in [5, 5.41) is 6.40. The molecule has 110 valence electrons. The maximum absolute atomic E-state index is 13.4. The highest BCUT2D eigenvalue weighted by atomic mass is 35.5. The molecule has 0 fully saturated rings. The summed E-state index contributed by atoms with van der Waals surface area (Å²) in [6.07, 6.45) is 0.280. The van der Waals surface area contributed by atoms with Gasteiger partial charge in [0.1, 0.15) is 5.82 Å². The summed E-state index contributed by atoms with van der Waals surface area (Å²) in [6.45, 7) is 1.17. The first-order valence-electron chi connectivity index (χ1n) is 6.65. The molecule has 0 bridgehead atoms. The smallest absolute Gasteiger partial charge is 0.225 e. The van der Waals surface area contributed by atoms with E-state index in [1.807, 2.05) is 24.3 Å². The minimum atomic E-state index is -0.431. The van der Waals surface area contributed by atoms with Gasteiger partial charge in [-0.2, -0.15) is 0 Å². The number of rotatable bonds is 6. The number of amides is 1. The number of nitrogens with one attached hydrogen (secondary N) is 2. The predicted octanol–water partition coefficient (Wildman–Crippen LogP) is 3.60. The van der Waals surface area contributed by atoms with Crippen LogP contribution in [0.2, 0.25) is 5.02 Å². The van der Waals surface area contributed by atoms with Crippen LogP contribution in [0.15, 0.2) is 48.5 Å². The van der Waals surface area contributed by atoms with Crippen molar-refractivity contribution in [3.05, 3.63) is 64.9 Å². The molecule has 2 aromatic rings. The lowest BCUT2D eigenvalue weighted by molar-refractivity contribution is -0.116. The second-order valence-electron chi connectivity index (χ2n) is 4.58. The number of carbonyl (C=O) groups is 1. The van der Waals surface area contributed by atoms with E-state index in [9.17, 15) is 9.18 Å². The fraction of sp³-hybridized carbons (Fsp3) is 0.188. The number of para-hydroxylation sites is 1. The molecule has 0 aliphatic heterocycles. The molecule has 5 heteroatoms. The van der Waals surface area contributed by atoms with Crippen LogP contribution in [0.1, 0.15) is 12.0 Å². The SMILES string of the molecule is O=C(CCNCc1ccc(Cl)cc1)Nc1ccccc1F. The average molecular weight is 307 g/mol. The van der Waals surface area contributed by atoms with Gasteiger partial charge in [-0.15, -0.1) is 0 Å². The van der Waals surface area contributed by atoms with E-state index in [0.717, 1.165) is 5.56 Å². The third kappa shape index (κ3) is 5.17. The Morgan fingerprint density at radius 2 is 1.81 bits per heavy atom. The van der Waals surface area contributed by atoms with Gasteiger partial charge in [0.05, 0.1) is 5.69 Å². The first-order valence-corrected chi connectivity index (χ1v) is 7.02. The van der Waals surface area contributed by atoms with Gasteiger partial charge in [0, 0.05) is 24.5 Å². The third-order valence-electron chi connectivity index (χ3n) is 2.92. The summed E-state index contributed by atoms with van der Waals surface area (Å²) in [4.78, 5) is 11.7. The van der Waals surface area contributed by atoms with E-state index in [1.54, 1.807) is 12.1 Å². The fourth-order valence-corrected chi connectivity index (χ4v) is 1.94. The first-order chi connectivity index (χ1) is 10.1. The maximum atomic E-state index is 13.4. The van der Waals surface area contributed by atoms with E-state index < -0.39 is 5.82 Å². The topological polar surface area (TPSA) is 41.1 Å². The van der Waals surface area contributed by atoms with E-state index in [4.69, 9.17) is 11.6 Å². The summed E-state index contributed by atoms with van der Waals surface area (Å²) in [5.74, 6) is -0.649. The molecular formula is C16H16ClFN2O. The molecule has 0 saturated heterocycles. The Hall–Kier alpha value is -1.91. The number of hydrogen-bond acceptors (Lipinski definition) is 2. The van der Waals surface area contributed by atoms with Gasteiger partial charge >= 0.3 is 0 Å². The van der Waals surface area contributed by atoms with Crippen molar-refractivity contribution >= 4 is 23.2 Å². The molecule has 0 aliphatic carbocycles. The fourth-order valence-electron chi connectivity index (χ4n) is 1.81. The van der Waals surface area contributed by atoms with E-state index in [0.29, 0.717) is 18.1 Å². The number of hydrogen-bond donors (Lipinski definition) is 2. The van der Waals surface area contributed by atoms with Crippen molar-refractivity contribution in [3.8, 4) is 0 Å². The summed E-state index contributed by atoms with van der Waals surface area (Å²) in [6, 6.07) is 13.6. The van der Waals surface area contributed by atoms with Gasteiger partial charge in [0.25, 0.3) is 0 Å². The molecule has 2 N–H and O–H groups in total. The molecular weight excluding hydrogens is 291 g/mol. The Morgan fingerprint density at radius 1 is 1.10 bits per heavy atom. The highest BCUT2D eigenvalue weighted by Gasteiger charge is 2.05. The summed E-state index contributed by atoms with van der Waals surface area (Å²) in [5.41, 5.74) is 1.30. The second kappa shape index (κ2) is 7.76. The minimum absolute atomic E-state index is 0.209. The monoisotopic (exact) mass is 306 g/mol. The van der Waals surface area contributed by atoms with Crippen LogP contribution in [0.5, 0.6) is 0 Å². The normalized spacial score (nSPS) is 10.4. The van der Waals surface area contributed by atoms with Crippen LogP contribution in [0.25, 0.3) is 0 Å². The van der Waals surface area contributed by atoms with E-state index in [1.165, 1.54) is 12.1 Å². The van der Waals surface area contributed by atoms with Crippen molar-refractivity contribution in [2.45, 2.75) is 13.0 Å². The van der Waals surface area contributed by atoms with Crippen molar-refractivity contribution < 1.29 is 9.18 Å². The average Bonchev–Trinajstić information content (AvgIpc) is 2.48. The minimum Gasteiger partial charge on any atom is -0.324 e. The van der Waals surface area contributed by atoms with Crippen LogP contribution in [0.3, 0.4) is 0 Å². The quantitative estimate of drug-likeness (QED) is 0.801. The van der Waals surface area contributed by atoms with Crippen LogP contribution in [-0.4, -0.2) is 12.5 Å². The molecule has 0 spiro atoms. The lowest BCUT2D eigenvalue weighted by atomic mass is 10.2. The van der Waals surface area contributed by atoms with Gasteiger partial charge in [0.15, 0.2) is 0 Å². The predicted molar refractivity (Wildman–Crippen MR) is 82.8 cm³/mol. The molecule has 1 amide bonds. The molecule has 0 atom stereocenters. The van der Waals surface area contributed by atoms with Gasteiger partial charge in [-0.1, -0.05) is 35.9 Å². The second-order valence-corrected chi connectivity index (χ2v) is 5.02. The summed E-state index contributed by atoms with van der Waals surface area (Å²) in [7, 11) is 0. The molecule has 0 aromatic heterocycles. The van der Waals surface area contributed by atoms with E-state index in [-0.39, 0.29) is 18.0 Å². The Labute approximate surface area is 128 Å². The molecule has 2 rings (SSSR count). The molecule has 21 heavy (non-hydrogen) atoms. The standard InChI is InChI=1S/C16H16ClFN2O/c17-13-7-5-12(6-8-13)11-19-10-9-16(21)20-15-4-2-1-3-14(15)18/h1-8,19H,9-11H2,(H,20,21). The third-order valence-corrected chi connectivity index (χ3v) is 3.17. The van der Waals surface area contributed by atoms with Gasteiger partial charge in [-0.05, 0) is 29.8 Å². The van der Waals surface area contributed by atoms with Crippen molar-refractivity contribution in [2.75, 3.05) is 11.9 Å². The first kappa shape index (κ1) is 15.5. The zero-order valence-corrected chi connectivity index (χ0v) is 12.2. The van der Waals surface area contributed by atoms with Gasteiger partial charge in [-0.25, -0.2) is 4.39 Å². The lowest BCUT2D eigenvalue weighted by Crippen LogP contribution is -2.21. The Kier molecular flexibility index (Phi) is 5.72. The molecule has 0 saturated carbocycles. The maximum Gasteiger partial charge on any atom is 0.225 e. The number of halogens is 2. The van der Waals surface area contributed by atoms with Crippen LogP contribution >= 0.6 is 11.6 Å². The van der Waals surface area contributed by atoms with Crippen molar-refractivity contribution in [1.29, 1.82) is 0 Å². The molecule has 0 aliphatic rings. The molecule has 0 unspecified atom stereocenters. The van der Waals surface area contributed by atoms with Crippen molar-refractivity contribution in [1.82, 2.24) is 5.32 Å². The number of benzene rings is 2. The number of carbonyl (C=O) groups excluding carboxylic acids is 1. The molecule has 0 radical (unpaired) electrons. The van der Waals surface area contributed by atoms with Crippen molar-refractivity contribution in [2.24, 2.45) is 0 Å². The Morgan fingerprint density at radius 3 is 2.52 bits per heavy atom. The zero-order chi connectivity index (χ0) is 15.1. The summed E-state index contributed by atoms with van der Waals surface area (Å²) < 4.78 is 13.4. The van der Waals surface area contributed by atoms with Crippen LogP contribution in [0.4, 0.5) is 10.1 Å². The Bertz CT molecular complexity index is 601. The highest BCUT2D eigenvalue weighted by molar-refractivity contribution is 6.30. The largest absolute Gasteiger partial charge is 0.324 e. The highest BCUT2D eigenvalue weighted by Crippen LogP contribution is 2.12. The van der Waals surface area contributed by atoms with E-state index in [2.05, 4.69) is 10.6 Å². The van der Waals surface area contributed by atoms with Gasteiger partial charge in [-0.3, -0.25) is 4.79 Å². The van der Waals surface area contributed by atoms with E-state index >= 15 is 0 Å². The van der Waals surface area contributed by atoms with Crippen LogP contribution in [0, 0.1) is 5.82 Å². The van der Waals surface area contributed by atoms with Crippen LogP contribution < -0.4 is 10.6 Å².